The molecule has 0 saturated carbocycles. The van der Waals surface area contributed by atoms with Crippen LogP contribution in [0.1, 0.15) is 35.8 Å². The summed E-state index contributed by atoms with van der Waals surface area (Å²) in [7, 11) is -0.235. The molecule has 0 fully saturated rings. The van der Waals surface area contributed by atoms with Crippen LogP contribution in [0.5, 0.6) is 11.5 Å². The molecule has 7 nitrogen and oxygen atoms in total. The van der Waals surface area contributed by atoms with Crippen LogP contribution in [0.25, 0.3) is 0 Å². The Morgan fingerprint density at radius 1 is 1.07 bits per heavy atom. The number of rotatable bonds is 8. The van der Waals surface area contributed by atoms with Crippen molar-refractivity contribution in [3.05, 3.63) is 53.6 Å². The maximum atomic E-state index is 12.6. The Morgan fingerprint density at radius 2 is 1.68 bits per heavy atom. The van der Waals surface area contributed by atoms with Crippen molar-refractivity contribution in [2.45, 2.75) is 19.9 Å². The number of hydrogen-bond acceptors (Lipinski definition) is 5. The van der Waals surface area contributed by atoms with E-state index in [1.54, 1.807) is 51.5 Å². The number of hydrogen-bond donors (Lipinski definition) is 1. The zero-order chi connectivity index (χ0) is 20.9. The van der Waals surface area contributed by atoms with E-state index in [9.17, 15) is 13.2 Å². The first-order chi connectivity index (χ1) is 13.2. The van der Waals surface area contributed by atoms with Crippen molar-refractivity contribution < 1.29 is 22.7 Å². The van der Waals surface area contributed by atoms with Crippen molar-refractivity contribution in [2.24, 2.45) is 0 Å². The lowest BCUT2D eigenvalue weighted by Gasteiger charge is -2.21. The third-order valence-corrected chi connectivity index (χ3v) is 5.63. The Morgan fingerprint density at radius 3 is 2.18 bits per heavy atom. The van der Waals surface area contributed by atoms with Gasteiger partial charge in [0, 0.05) is 12.1 Å². The number of anilines is 1. The minimum atomic E-state index is -3.36. The summed E-state index contributed by atoms with van der Waals surface area (Å²) < 4.78 is 35.4. The molecule has 0 aliphatic heterocycles. The van der Waals surface area contributed by atoms with Crippen LogP contribution in [0, 0.1) is 0 Å². The predicted molar refractivity (Wildman–Crippen MR) is 110 cm³/mol. The molecule has 0 saturated heterocycles. The molecule has 0 radical (unpaired) electrons. The van der Waals surface area contributed by atoms with Crippen LogP contribution >= 0.6 is 0 Å². The summed E-state index contributed by atoms with van der Waals surface area (Å²) in [6.07, 6.45) is 1.15. The molecule has 2 aromatic carbocycles. The lowest BCUT2D eigenvalue weighted by molar-refractivity contribution is 0.0940. The molecule has 28 heavy (non-hydrogen) atoms. The van der Waals surface area contributed by atoms with E-state index in [0.717, 1.165) is 11.8 Å². The molecular weight excluding hydrogens is 380 g/mol. The molecule has 1 amide bonds. The first-order valence-electron chi connectivity index (χ1n) is 8.81. The van der Waals surface area contributed by atoms with Crippen LogP contribution in [-0.4, -0.2) is 41.3 Å². The molecule has 1 atom stereocenters. The number of nitrogens with one attached hydrogen (secondary N) is 1. The number of sulfonamides is 1. The predicted octanol–water partition coefficient (Wildman–Crippen LogP) is 2.98. The Kier molecular flexibility index (Phi) is 6.90. The first-order valence-corrected chi connectivity index (χ1v) is 10.7. The Bertz CT molecular complexity index is 926. The van der Waals surface area contributed by atoms with Crippen molar-refractivity contribution >= 4 is 21.6 Å². The fourth-order valence-electron chi connectivity index (χ4n) is 2.87. The smallest absolute Gasteiger partial charge is 0.251 e. The van der Waals surface area contributed by atoms with Crippen molar-refractivity contribution in [3.8, 4) is 11.5 Å². The van der Waals surface area contributed by atoms with Gasteiger partial charge in [-0.05, 0) is 55.8 Å². The third-order valence-electron chi connectivity index (χ3n) is 4.36. The fraction of sp³-hybridized carbons (Fsp3) is 0.350. The number of amides is 1. The van der Waals surface area contributed by atoms with E-state index < -0.39 is 10.0 Å². The number of benzene rings is 2. The molecule has 0 aliphatic rings. The number of methoxy groups -OCH3 is 2. The van der Waals surface area contributed by atoms with Crippen molar-refractivity contribution in [2.75, 3.05) is 31.3 Å². The van der Waals surface area contributed by atoms with E-state index in [4.69, 9.17) is 9.47 Å². The van der Waals surface area contributed by atoms with E-state index in [2.05, 4.69) is 5.32 Å². The largest absolute Gasteiger partial charge is 0.493 e. The maximum Gasteiger partial charge on any atom is 0.251 e. The first kappa shape index (κ1) is 21.6. The van der Waals surface area contributed by atoms with Crippen LogP contribution in [-0.2, 0) is 10.0 Å². The van der Waals surface area contributed by atoms with Gasteiger partial charge in [-0.2, -0.15) is 0 Å². The van der Waals surface area contributed by atoms with Gasteiger partial charge in [-0.1, -0.05) is 6.07 Å². The second kappa shape index (κ2) is 8.97. The fourth-order valence-corrected chi connectivity index (χ4v) is 3.85. The van der Waals surface area contributed by atoms with Gasteiger partial charge in [-0.25, -0.2) is 8.42 Å². The van der Waals surface area contributed by atoms with Gasteiger partial charge >= 0.3 is 0 Å². The Hall–Kier alpha value is -2.74. The maximum absolute atomic E-state index is 12.6. The third kappa shape index (κ3) is 4.95. The van der Waals surface area contributed by atoms with Gasteiger partial charge < -0.3 is 14.8 Å². The van der Waals surface area contributed by atoms with Gasteiger partial charge in [-0.15, -0.1) is 0 Å². The lowest BCUT2D eigenvalue weighted by Crippen LogP contribution is -2.29. The summed E-state index contributed by atoms with van der Waals surface area (Å²) in [6, 6.07) is 11.7. The lowest BCUT2D eigenvalue weighted by atomic mass is 10.1. The average molecular weight is 407 g/mol. The molecule has 0 spiro atoms. The number of nitrogens with zero attached hydrogens (tertiary/aromatic N) is 1. The second-order valence-corrected chi connectivity index (χ2v) is 8.19. The molecule has 0 heterocycles. The summed E-state index contributed by atoms with van der Waals surface area (Å²) >= 11 is 0. The molecule has 1 N–H and O–H groups in total. The zero-order valence-corrected chi connectivity index (χ0v) is 17.5. The SMILES string of the molecule is CCN(c1ccc(C(=O)NC(C)c2ccc(OC)c(OC)c2)cc1)S(C)(=O)=O. The van der Waals surface area contributed by atoms with Crippen LogP contribution < -0.4 is 19.1 Å². The molecule has 0 aliphatic carbocycles. The van der Waals surface area contributed by atoms with Gasteiger partial charge in [0.2, 0.25) is 10.0 Å². The molecule has 2 rings (SSSR count). The summed E-state index contributed by atoms with van der Waals surface area (Å²) in [5.41, 5.74) is 1.84. The molecule has 1 unspecified atom stereocenters. The van der Waals surface area contributed by atoms with Gasteiger partial charge in [0.15, 0.2) is 11.5 Å². The summed E-state index contributed by atoms with van der Waals surface area (Å²) in [4.78, 5) is 12.6. The zero-order valence-electron chi connectivity index (χ0n) is 16.7. The monoisotopic (exact) mass is 406 g/mol. The summed E-state index contributed by atoms with van der Waals surface area (Å²) in [6.45, 7) is 3.95. The highest BCUT2D eigenvalue weighted by Crippen LogP contribution is 2.30. The Labute approximate surface area is 166 Å². The number of ether oxygens (including phenoxy) is 2. The highest BCUT2D eigenvalue weighted by molar-refractivity contribution is 7.92. The highest BCUT2D eigenvalue weighted by Gasteiger charge is 2.17. The van der Waals surface area contributed by atoms with E-state index in [1.165, 1.54) is 4.31 Å². The molecule has 0 aromatic heterocycles. The minimum Gasteiger partial charge on any atom is -0.493 e. The standard InChI is InChI=1S/C20H26N2O5S/c1-6-22(28(5,24)25)17-10-7-15(8-11-17)20(23)21-14(2)16-9-12-18(26-3)19(13-16)27-4/h7-14H,6H2,1-5H3,(H,21,23). The van der Waals surface area contributed by atoms with Gasteiger partial charge in [-0.3, -0.25) is 9.10 Å². The van der Waals surface area contributed by atoms with Crippen molar-refractivity contribution in [1.82, 2.24) is 5.32 Å². The second-order valence-electron chi connectivity index (χ2n) is 6.28. The van der Waals surface area contributed by atoms with Crippen molar-refractivity contribution in [3.63, 3.8) is 0 Å². The van der Waals surface area contributed by atoms with Crippen molar-refractivity contribution in [1.29, 1.82) is 0 Å². The van der Waals surface area contributed by atoms with E-state index in [1.807, 2.05) is 19.1 Å². The molecule has 0 bridgehead atoms. The van der Waals surface area contributed by atoms with Crippen LogP contribution in [0.2, 0.25) is 0 Å². The van der Waals surface area contributed by atoms with Crippen LogP contribution in [0.15, 0.2) is 42.5 Å². The quantitative estimate of drug-likeness (QED) is 0.728. The normalized spacial score (nSPS) is 12.2. The van der Waals surface area contributed by atoms with Gasteiger partial charge in [0.1, 0.15) is 0 Å². The van der Waals surface area contributed by atoms with Crippen LogP contribution in [0.3, 0.4) is 0 Å². The molecule has 2 aromatic rings. The van der Waals surface area contributed by atoms with Gasteiger partial charge in [0.05, 0.1) is 32.2 Å². The average Bonchev–Trinajstić information content (AvgIpc) is 2.67. The molecule has 8 heteroatoms. The minimum absolute atomic E-state index is 0.253. The van der Waals surface area contributed by atoms with Crippen LogP contribution in [0.4, 0.5) is 5.69 Å². The summed E-state index contributed by atoms with van der Waals surface area (Å²) in [5.74, 6) is 0.953. The van der Waals surface area contributed by atoms with E-state index in [0.29, 0.717) is 29.3 Å². The highest BCUT2D eigenvalue weighted by atomic mass is 32.2. The number of carbonyl (C=O) groups excluding carboxylic acids is 1. The molecule has 152 valence electrons. The molecular formula is C20H26N2O5S. The number of carbonyl (C=O) groups is 1. The van der Waals surface area contributed by atoms with Gasteiger partial charge in [0.25, 0.3) is 5.91 Å². The topological polar surface area (TPSA) is 84.9 Å². The van der Waals surface area contributed by atoms with E-state index >= 15 is 0 Å². The summed E-state index contributed by atoms with van der Waals surface area (Å²) in [5, 5.41) is 2.93. The van der Waals surface area contributed by atoms with E-state index in [-0.39, 0.29) is 11.9 Å². The Balaban J connectivity index is 2.14.